The lowest BCUT2D eigenvalue weighted by molar-refractivity contribution is -0.117. The van der Waals surface area contributed by atoms with Crippen molar-refractivity contribution in [1.82, 2.24) is 5.32 Å². The summed E-state index contributed by atoms with van der Waals surface area (Å²) >= 11 is 3.29. The molecular formula is C20H25N3O2S2. The number of carbonyl (C=O) groups is 2. The van der Waals surface area contributed by atoms with Gasteiger partial charge in [-0.3, -0.25) is 4.79 Å². The Morgan fingerprint density at radius 3 is 2.30 bits per heavy atom. The molecule has 0 saturated carbocycles. The molecule has 0 fully saturated rings. The lowest BCUT2D eigenvalue weighted by Gasteiger charge is -2.17. The molecule has 2 aromatic rings. The van der Waals surface area contributed by atoms with E-state index in [9.17, 15) is 9.59 Å². The van der Waals surface area contributed by atoms with Crippen LogP contribution in [-0.4, -0.2) is 30.0 Å². The van der Waals surface area contributed by atoms with Crippen molar-refractivity contribution in [2.24, 2.45) is 5.73 Å². The van der Waals surface area contributed by atoms with Crippen molar-refractivity contribution in [3.63, 3.8) is 0 Å². The molecule has 5 nitrogen and oxygen atoms in total. The van der Waals surface area contributed by atoms with Crippen molar-refractivity contribution < 1.29 is 9.59 Å². The van der Waals surface area contributed by atoms with Gasteiger partial charge in [0.05, 0.1) is 0 Å². The van der Waals surface area contributed by atoms with Crippen molar-refractivity contribution in [3.05, 3.63) is 53.6 Å². The zero-order valence-electron chi connectivity index (χ0n) is 15.7. The number of hydrogen-bond acceptors (Lipinski definition) is 4. The molecule has 0 aliphatic carbocycles. The van der Waals surface area contributed by atoms with Gasteiger partial charge in [-0.25, -0.2) is 4.79 Å². The van der Waals surface area contributed by atoms with E-state index in [0.29, 0.717) is 12.1 Å². The lowest BCUT2D eigenvalue weighted by Crippen LogP contribution is -2.46. The number of nitrogens with one attached hydrogen (secondary N) is 2. The quantitative estimate of drug-likeness (QED) is 0.617. The molecule has 2 aromatic carbocycles. The number of thioether (sulfide) groups is 1. The Bertz CT molecular complexity index is 794. The highest BCUT2D eigenvalue weighted by Gasteiger charge is 2.19. The minimum atomic E-state index is -0.698. The molecule has 144 valence electrons. The topological polar surface area (TPSA) is 84.2 Å². The molecule has 2 rings (SSSR count). The zero-order chi connectivity index (χ0) is 19.8. The minimum absolute atomic E-state index is 0.266. The fraction of sp³-hybridized carbons (Fsp3) is 0.300. The van der Waals surface area contributed by atoms with Crippen LogP contribution in [0, 0.1) is 13.8 Å². The van der Waals surface area contributed by atoms with Crippen LogP contribution in [-0.2, 0) is 4.79 Å². The SMILES string of the molecule is CSCC[C@H](NC(N)=O)C(=O)Nc1ccc(Sc2ccc(C)c(C)c2)cc1. The first kappa shape index (κ1) is 21.2. The molecule has 4 N–H and O–H groups in total. The molecule has 7 heteroatoms. The van der Waals surface area contributed by atoms with E-state index >= 15 is 0 Å². The molecule has 0 aliphatic heterocycles. The number of hydrogen-bond donors (Lipinski definition) is 3. The predicted octanol–water partition coefficient (Wildman–Crippen LogP) is 4.18. The van der Waals surface area contributed by atoms with E-state index in [1.54, 1.807) is 23.5 Å². The number of rotatable bonds is 8. The number of carbonyl (C=O) groups excluding carboxylic acids is 2. The molecule has 3 amide bonds. The third-order valence-corrected chi connectivity index (χ3v) is 5.72. The normalized spacial score (nSPS) is 11.7. The Labute approximate surface area is 168 Å². The highest BCUT2D eigenvalue weighted by atomic mass is 32.2. The molecule has 0 saturated heterocycles. The average molecular weight is 404 g/mol. The second-order valence-electron chi connectivity index (χ2n) is 6.20. The van der Waals surface area contributed by atoms with E-state index in [1.807, 2.05) is 30.5 Å². The van der Waals surface area contributed by atoms with Gasteiger partial charge >= 0.3 is 6.03 Å². The Balaban J connectivity index is 1.99. The summed E-state index contributed by atoms with van der Waals surface area (Å²) in [4.78, 5) is 25.8. The van der Waals surface area contributed by atoms with E-state index in [0.717, 1.165) is 10.6 Å². The third kappa shape index (κ3) is 6.84. The van der Waals surface area contributed by atoms with Crippen LogP contribution in [0.2, 0.25) is 0 Å². The average Bonchev–Trinajstić information content (AvgIpc) is 2.63. The Hall–Kier alpha value is -2.12. The van der Waals surface area contributed by atoms with Crippen LogP contribution >= 0.6 is 23.5 Å². The number of primary amides is 1. The first-order chi connectivity index (χ1) is 12.9. The number of urea groups is 1. The van der Waals surface area contributed by atoms with Crippen LogP contribution in [0.5, 0.6) is 0 Å². The van der Waals surface area contributed by atoms with Gasteiger partial charge in [-0.05, 0) is 79.8 Å². The molecule has 27 heavy (non-hydrogen) atoms. The first-order valence-corrected chi connectivity index (χ1v) is 10.8. The fourth-order valence-electron chi connectivity index (χ4n) is 2.43. The summed E-state index contributed by atoms with van der Waals surface area (Å²) in [5, 5.41) is 5.33. The number of benzene rings is 2. The first-order valence-electron chi connectivity index (χ1n) is 8.60. The highest BCUT2D eigenvalue weighted by molar-refractivity contribution is 7.99. The number of aryl methyl sites for hydroxylation is 2. The molecule has 0 heterocycles. The van der Waals surface area contributed by atoms with Crippen LogP contribution in [0.4, 0.5) is 10.5 Å². The second-order valence-corrected chi connectivity index (χ2v) is 8.34. The largest absolute Gasteiger partial charge is 0.352 e. The van der Waals surface area contributed by atoms with Gasteiger partial charge in [0, 0.05) is 15.5 Å². The summed E-state index contributed by atoms with van der Waals surface area (Å²) in [6.45, 7) is 4.20. The van der Waals surface area contributed by atoms with E-state index in [4.69, 9.17) is 5.73 Å². The van der Waals surface area contributed by atoms with Gasteiger partial charge in [-0.1, -0.05) is 17.8 Å². The van der Waals surface area contributed by atoms with Gasteiger partial charge in [-0.2, -0.15) is 11.8 Å². The predicted molar refractivity (Wildman–Crippen MR) is 115 cm³/mol. The van der Waals surface area contributed by atoms with Crippen molar-refractivity contribution in [2.45, 2.75) is 36.1 Å². The number of nitrogens with two attached hydrogens (primary N) is 1. The maximum absolute atomic E-state index is 12.4. The van der Waals surface area contributed by atoms with Crippen molar-refractivity contribution in [1.29, 1.82) is 0 Å². The molecule has 0 unspecified atom stereocenters. The molecule has 0 aromatic heterocycles. The maximum atomic E-state index is 12.4. The lowest BCUT2D eigenvalue weighted by atomic mass is 10.1. The van der Waals surface area contributed by atoms with Gasteiger partial charge in [-0.15, -0.1) is 0 Å². The monoisotopic (exact) mass is 403 g/mol. The summed E-state index contributed by atoms with van der Waals surface area (Å²) in [6, 6.07) is 12.7. The van der Waals surface area contributed by atoms with Gasteiger partial charge in [0.25, 0.3) is 0 Å². The maximum Gasteiger partial charge on any atom is 0.312 e. The third-order valence-electron chi connectivity index (χ3n) is 4.08. The standard InChI is InChI=1S/C20H25N3O2S2/c1-13-4-7-17(12-14(13)2)27-16-8-5-15(6-9-16)22-19(24)18(10-11-26-3)23-20(21)25/h4-9,12,18H,10-11H2,1-3H3,(H,22,24)(H3,21,23,25)/t18-/m0/s1. The second kappa shape index (κ2) is 10.3. The van der Waals surface area contributed by atoms with Crippen molar-refractivity contribution in [3.8, 4) is 0 Å². The molecule has 0 aliphatic rings. The van der Waals surface area contributed by atoms with Crippen LogP contribution in [0.3, 0.4) is 0 Å². The van der Waals surface area contributed by atoms with Gasteiger partial charge in [0.15, 0.2) is 0 Å². The zero-order valence-corrected chi connectivity index (χ0v) is 17.4. The van der Waals surface area contributed by atoms with Crippen LogP contribution in [0.25, 0.3) is 0 Å². The van der Waals surface area contributed by atoms with Gasteiger partial charge < -0.3 is 16.4 Å². The molecule has 0 bridgehead atoms. The minimum Gasteiger partial charge on any atom is -0.352 e. The highest BCUT2D eigenvalue weighted by Crippen LogP contribution is 2.29. The van der Waals surface area contributed by atoms with E-state index in [1.165, 1.54) is 16.0 Å². The number of amides is 3. The smallest absolute Gasteiger partial charge is 0.312 e. The van der Waals surface area contributed by atoms with Crippen LogP contribution in [0.15, 0.2) is 52.3 Å². The summed E-state index contributed by atoms with van der Waals surface area (Å²) < 4.78 is 0. The van der Waals surface area contributed by atoms with Crippen LogP contribution in [0.1, 0.15) is 17.5 Å². The van der Waals surface area contributed by atoms with Crippen molar-refractivity contribution in [2.75, 3.05) is 17.3 Å². The summed E-state index contributed by atoms with van der Waals surface area (Å²) in [7, 11) is 0. The Kier molecular flexibility index (Phi) is 8.06. The van der Waals surface area contributed by atoms with E-state index in [2.05, 4.69) is 42.7 Å². The Morgan fingerprint density at radius 1 is 1.04 bits per heavy atom. The summed E-state index contributed by atoms with van der Waals surface area (Å²) in [6.07, 6.45) is 2.47. The molecule has 0 spiro atoms. The van der Waals surface area contributed by atoms with Crippen molar-refractivity contribution >= 4 is 41.1 Å². The fourth-order valence-corrected chi connectivity index (χ4v) is 3.81. The summed E-state index contributed by atoms with van der Waals surface area (Å²) in [5.41, 5.74) is 8.40. The number of anilines is 1. The molecule has 1 atom stereocenters. The van der Waals surface area contributed by atoms with E-state index < -0.39 is 12.1 Å². The Morgan fingerprint density at radius 2 is 1.70 bits per heavy atom. The molecule has 0 radical (unpaired) electrons. The summed E-state index contributed by atoms with van der Waals surface area (Å²) in [5.74, 6) is 0.488. The van der Waals surface area contributed by atoms with Gasteiger partial charge in [0.2, 0.25) is 5.91 Å². The van der Waals surface area contributed by atoms with E-state index in [-0.39, 0.29) is 5.91 Å². The molecular weight excluding hydrogens is 378 g/mol. The van der Waals surface area contributed by atoms with Crippen LogP contribution < -0.4 is 16.4 Å². The van der Waals surface area contributed by atoms with Gasteiger partial charge in [0.1, 0.15) is 6.04 Å².